The fourth-order valence-corrected chi connectivity index (χ4v) is 5.78. The second-order valence-electron chi connectivity index (χ2n) is 10.6. The van der Waals surface area contributed by atoms with E-state index in [0.717, 1.165) is 37.9 Å². The van der Waals surface area contributed by atoms with Crippen molar-refractivity contribution in [3.8, 4) is 5.75 Å². The molecule has 2 aromatic rings. The number of hydrogen-bond donors (Lipinski definition) is 1. The van der Waals surface area contributed by atoms with E-state index in [-0.39, 0.29) is 11.5 Å². The van der Waals surface area contributed by atoms with Crippen LogP contribution >= 0.6 is 0 Å². The largest absolute Gasteiger partial charge is 0.496 e. The number of aryl methyl sites for hydroxylation is 2. The monoisotopic (exact) mass is 447 g/mol. The van der Waals surface area contributed by atoms with Gasteiger partial charge in [0.1, 0.15) is 5.75 Å². The van der Waals surface area contributed by atoms with Gasteiger partial charge in [-0.2, -0.15) is 0 Å². The Bertz CT molecular complexity index is 1060. The van der Waals surface area contributed by atoms with Crippen LogP contribution in [0, 0.1) is 5.41 Å². The van der Waals surface area contributed by atoms with Crippen molar-refractivity contribution in [3.63, 3.8) is 0 Å². The number of methoxy groups -OCH3 is 1. The number of fused-ring (bicyclic) bond motifs is 1. The van der Waals surface area contributed by atoms with Crippen LogP contribution in [0.3, 0.4) is 0 Å². The summed E-state index contributed by atoms with van der Waals surface area (Å²) in [7, 11) is 1.75. The number of carbonyl (C=O) groups is 1. The smallest absolute Gasteiger partial charge is 0.407 e. The van der Waals surface area contributed by atoms with Crippen LogP contribution in [-0.4, -0.2) is 35.8 Å². The van der Waals surface area contributed by atoms with Gasteiger partial charge in [0.2, 0.25) is 0 Å². The third-order valence-corrected chi connectivity index (χ3v) is 7.49. The molecule has 33 heavy (non-hydrogen) atoms. The van der Waals surface area contributed by atoms with Crippen molar-refractivity contribution in [2.45, 2.75) is 71.8 Å². The molecular formula is C29H37NO3. The van der Waals surface area contributed by atoms with Gasteiger partial charge in [0.25, 0.3) is 0 Å². The normalized spacial score (nSPS) is 21.8. The van der Waals surface area contributed by atoms with Crippen molar-refractivity contribution < 1.29 is 14.6 Å². The summed E-state index contributed by atoms with van der Waals surface area (Å²) in [6, 6.07) is 13.2. The average molecular weight is 448 g/mol. The van der Waals surface area contributed by atoms with E-state index in [0.29, 0.717) is 12.5 Å². The van der Waals surface area contributed by atoms with Gasteiger partial charge in [0.15, 0.2) is 0 Å². The predicted octanol–water partition coefficient (Wildman–Crippen LogP) is 7.02. The van der Waals surface area contributed by atoms with Crippen LogP contribution < -0.4 is 4.74 Å². The summed E-state index contributed by atoms with van der Waals surface area (Å²) in [4.78, 5) is 13.5. The lowest BCUT2D eigenvalue weighted by Gasteiger charge is -2.45. The van der Waals surface area contributed by atoms with Crippen molar-refractivity contribution in [1.29, 1.82) is 0 Å². The fraction of sp³-hybridized carbons (Fsp3) is 0.483. The number of nitrogens with zero attached hydrogens (tertiary/aromatic N) is 1. The molecule has 2 aromatic carbocycles. The summed E-state index contributed by atoms with van der Waals surface area (Å²) in [5, 5.41) is 9.72. The number of piperidine rings is 1. The van der Waals surface area contributed by atoms with Gasteiger partial charge in [-0.25, -0.2) is 4.79 Å². The molecule has 1 aliphatic heterocycles. The van der Waals surface area contributed by atoms with Crippen molar-refractivity contribution >= 4 is 17.7 Å². The molecule has 2 atom stereocenters. The molecule has 0 spiro atoms. The highest BCUT2D eigenvalue weighted by Crippen LogP contribution is 2.42. The van der Waals surface area contributed by atoms with Crippen LogP contribution in [0.15, 0.2) is 36.4 Å². The summed E-state index contributed by atoms with van der Waals surface area (Å²) in [6.45, 7) is 9.28. The maximum absolute atomic E-state index is 11.8. The molecule has 1 heterocycles. The summed E-state index contributed by atoms with van der Waals surface area (Å²) in [5.74, 6) is 1.36. The van der Waals surface area contributed by atoms with Crippen LogP contribution in [0.2, 0.25) is 0 Å². The molecule has 4 nitrogen and oxygen atoms in total. The highest BCUT2D eigenvalue weighted by atomic mass is 16.5. The number of ether oxygens (including phenoxy) is 1. The fourth-order valence-electron chi connectivity index (χ4n) is 5.78. The second-order valence-corrected chi connectivity index (χ2v) is 10.6. The van der Waals surface area contributed by atoms with E-state index in [9.17, 15) is 9.90 Å². The van der Waals surface area contributed by atoms with Crippen LogP contribution in [0.1, 0.15) is 80.7 Å². The van der Waals surface area contributed by atoms with Gasteiger partial charge in [0.05, 0.1) is 7.11 Å². The summed E-state index contributed by atoms with van der Waals surface area (Å²) in [5.41, 5.74) is 7.90. The molecule has 176 valence electrons. The zero-order chi connectivity index (χ0) is 23.8. The Morgan fingerprint density at radius 1 is 1.21 bits per heavy atom. The number of hydrogen-bond acceptors (Lipinski definition) is 2. The molecule has 1 aliphatic carbocycles. The van der Waals surface area contributed by atoms with E-state index in [2.05, 4.69) is 64.1 Å². The van der Waals surface area contributed by atoms with Gasteiger partial charge in [0, 0.05) is 18.2 Å². The van der Waals surface area contributed by atoms with Crippen LogP contribution in [-0.2, 0) is 12.8 Å². The van der Waals surface area contributed by atoms with Crippen LogP contribution in [0.4, 0.5) is 4.79 Å². The number of carboxylic acid groups (broad SMARTS) is 1. The van der Waals surface area contributed by atoms with Gasteiger partial charge in [-0.05, 0) is 77.3 Å². The van der Waals surface area contributed by atoms with E-state index >= 15 is 0 Å². The van der Waals surface area contributed by atoms with Gasteiger partial charge in [-0.3, -0.25) is 0 Å². The minimum atomic E-state index is -0.793. The third-order valence-electron chi connectivity index (χ3n) is 7.49. The molecule has 1 amide bonds. The number of likely N-dealkylation sites (tertiary alicyclic amines) is 1. The van der Waals surface area contributed by atoms with E-state index in [1.165, 1.54) is 33.4 Å². The number of rotatable bonds is 4. The minimum absolute atomic E-state index is 0.0303. The molecule has 0 bridgehead atoms. The zero-order valence-corrected chi connectivity index (χ0v) is 20.6. The Hall–Kier alpha value is -2.75. The summed E-state index contributed by atoms with van der Waals surface area (Å²) >= 11 is 0. The van der Waals surface area contributed by atoms with Crippen molar-refractivity contribution in [2.75, 3.05) is 13.7 Å². The molecule has 1 fully saturated rings. The molecule has 1 saturated heterocycles. The van der Waals surface area contributed by atoms with E-state index in [1.807, 2.05) is 6.07 Å². The van der Waals surface area contributed by atoms with E-state index in [1.54, 1.807) is 12.0 Å². The van der Waals surface area contributed by atoms with Crippen LogP contribution in [0.25, 0.3) is 11.6 Å². The van der Waals surface area contributed by atoms with Gasteiger partial charge < -0.3 is 14.7 Å². The van der Waals surface area contributed by atoms with Gasteiger partial charge in [-0.15, -0.1) is 0 Å². The van der Waals surface area contributed by atoms with Gasteiger partial charge in [-0.1, -0.05) is 64.1 Å². The Balaban J connectivity index is 1.63. The standard InChI is InChI=1S/C29H37NO3/c1-6-20-16-19(17-23-12-11-21-8-7-9-25(33-5)27(21)23)10-13-24(20)22-14-15-30(28(31)32)26(18-22)29(2,3)4/h7-10,13,16-17,22,26H,6,11-12,14-15,18H2,1-5H3,(H,31,32)/b23-17+. The number of allylic oxidation sites excluding steroid dienone is 1. The lowest BCUT2D eigenvalue weighted by molar-refractivity contribution is 0.0525. The second kappa shape index (κ2) is 9.24. The topological polar surface area (TPSA) is 49.8 Å². The summed E-state index contributed by atoms with van der Waals surface area (Å²) < 4.78 is 5.64. The first kappa shape index (κ1) is 23.4. The first-order valence-corrected chi connectivity index (χ1v) is 12.2. The SMILES string of the molecule is CCc1cc(/C=C2\CCc3cccc(OC)c32)ccc1C1CCN(C(=O)O)C(C(C)(C)C)C1. The quantitative estimate of drug-likeness (QED) is 0.548. The Morgan fingerprint density at radius 2 is 2.00 bits per heavy atom. The summed E-state index contributed by atoms with van der Waals surface area (Å²) in [6.07, 6.45) is 6.38. The zero-order valence-electron chi connectivity index (χ0n) is 20.6. The molecule has 0 saturated carbocycles. The van der Waals surface area contributed by atoms with Crippen LogP contribution in [0.5, 0.6) is 5.75 Å². The first-order chi connectivity index (χ1) is 15.7. The predicted molar refractivity (Wildman–Crippen MR) is 135 cm³/mol. The Labute approximate surface area is 198 Å². The molecule has 2 aliphatic rings. The lowest BCUT2D eigenvalue weighted by atomic mass is 9.74. The minimum Gasteiger partial charge on any atom is -0.496 e. The molecule has 4 rings (SSSR count). The van der Waals surface area contributed by atoms with Crippen molar-refractivity contribution in [1.82, 2.24) is 4.90 Å². The molecule has 2 unspecified atom stereocenters. The molecular weight excluding hydrogens is 410 g/mol. The first-order valence-electron chi connectivity index (χ1n) is 12.2. The van der Waals surface area contributed by atoms with Gasteiger partial charge >= 0.3 is 6.09 Å². The highest BCUT2D eigenvalue weighted by molar-refractivity contribution is 5.88. The van der Waals surface area contributed by atoms with Crippen molar-refractivity contribution in [2.24, 2.45) is 5.41 Å². The average Bonchev–Trinajstić information content (AvgIpc) is 3.21. The third kappa shape index (κ3) is 4.66. The van der Waals surface area contributed by atoms with E-state index < -0.39 is 6.09 Å². The highest BCUT2D eigenvalue weighted by Gasteiger charge is 2.39. The maximum Gasteiger partial charge on any atom is 0.407 e. The molecule has 0 aromatic heterocycles. The lowest BCUT2D eigenvalue weighted by Crippen LogP contribution is -2.51. The Morgan fingerprint density at radius 3 is 2.67 bits per heavy atom. The number of benzene rings is 2. The van der Waals surface area contributed by atoms with Crippen molar-refractivity contribution in [3.05, 3.63) is 64.2 Å². The number of amides is 1. The van der Waals surface area contributed by atoms with E-state index in [4.69, 9.17) is 4.74 Å². The molecule has 4 heteroatoms. The molecule has 0 radical (unpaired) electrons. The maximum atomic E-state index is 11.8. The Kier molecular flexibility index (Phi) is 6.56. The molecule has 1 N–H and O–H groups in total.